The molecule has 1 saturated heterocycles. The number of anilines is 1. The van der Waals surface area contributed by atoms with Gasteiger partial charge in [0.1, 0.15) is 12.1 Å². The summed E-state index contributed by atoms with van der Waals surface area (Å²) in [5.41, 5.74) is 1.82. The summed E-state index contributed by atoms with van der Waals surface area (Å²) in [7, 11) is 2.12. The molecule has 0 bridgehead atoms. The van der Waals surface area contributed by atoms with Gasteiger partial charge in [-0.1, -0.05) is 33.8 Å². The van der Waals surface area contributed by atoms with Crippen LogP contribution in [0.2, 0.25) is 0 Å². The van der Waals surface area contributed by atoms with Gasteiger partial charge in [0.05, 0.1) is 0 Å². The third-order valence-corrected chi connectivity index (χ3v) is 3.47. The Bertz CT molecular complexity index is 427. The lowest BCUT2D eigenvalue weighted by Crippen LogP contribution is -2.44. The minimum atomic E-state index is -0.0728. The molecule has 0 aliphatic carbocycles. The van der Waals surface area contributed by atoms with Crippen molar-refractivity contribution in [1.29, 1.82) is 0 Å². The van der Waals surface area contributed by atoms with Crippen molar-refractivity contribution in [2.45, 2.75) is 40.5 Å². The molecule has 0 radical (unpaired) electrons. The van der Waals surface area contributed by atoms with Crippen LogP contribution in [0.25, 0.3) is 0 Å². The summed E-state index contributed by atoms with van der Waals surface area (Å²) < 4.78 is 13.9. The molecule has 2 rings (SSSR count). The van der Waals surface area contributed by atoms with Crippen LogP contribution in [0.4, 0.5) is 10.1 Å². The second-order valence-electron chi connectivity index (χ2n) is 5.39. The van der Waals surface area contributed by atoms with Crippen LogP contribution < -0.4 is 4.90 Å². The van der Waals surface area contributed by atoms with Crippen LogP contribution in [0.3, 0.4) is 0 Å². The van der Waals surface area contributed by atoms with E-state index >= 15 is 0 Å². The minimum absolute atomic E-state index is 0.0728. The summed E-state index contributed by atoms with van der Waals surface area (Å²) in [6.45, 7) is 13.6. The highest BCUT2D eigenvalue weighted by Gasteiger charge is 2.16. The van der Waals surface area contributed by atoms with Gasteiger partial charge >= 0.3 is 0 Å². The molecule has 1 aromatic carbocycles. The molecule has 1 fully saturated rings. The summed E-state index contributed by atoms with van der Waals surface area (Å²) in [5, 5.41) is 0. The number of nitrogens with zero attached hydrogens (tertiary/aromatic N) is 2. The first kappa shape index (κ1) is 20.6. The molecular formula is C18H31FN2O. The van der Waals surface area contributed by atoms with Crippen LogP contribution in [0.5, 0.6) is 0 Å². The van der Waals surface area contributed by atoms with Crippen LogP contribution in [-0.2, 0) is 4.79 Å². The van der Waals surface area contributed by atoms with Gasteiger partial charge in [0, 0.05) is 31.9 Å². The lowest BCUT2D eigenvalue weighted by Gasteiger charge is -2.34. The fourth-order valence-corrected chi connectivity index (χ4v) is 2.25. The summed E-state index contributed by atoms with van der Waals surface area (Å²) in [6.07, 6.45) is 0.750. The van der Waals surface area contributed by atoms with Gasteiger partial charge in [-0.15, -0.1) is 0 Å². The molecule has 22 heavy (non-hydrogen) atoms. The van der Waals surface area contributed by atoms with Gasteiger partial charge in [-0.25, -0.2) is 4.39 Å². The van der Waals surface area contributed by atoms with Crippen molar-refractivity contribution in [2.75, 3.05) is 38.1 Å². The molecule has 4 heteroatoms. The minimum Gasteiger partial charge on any atom is -0.369 e. The van der Waals surface area contributed by atoms with Crippen LogP contribution in [0.1, 0.15) is 46.1 Å². The van der Waals surface area contributed by atoms with Crippen molar-refractivity contribution < 1.29 is 9.18 Å². The van der Waals surface area contributed by atoms with Crippen molar-refractivity contribution in [3.8, 4) is 0 Å². The molecule has 0 spiro atoms. The zero-order valence-corrected chi connectivity index (χ0v) is 14.9. The van der Waals surface area contributed by atoms with E-state index in [-0.39, 0.29) is 11.7 Å². The van der Waals surface area contributed by atoms with E-state index < -0.39 is 0 Å². The van der Waals surface area contributed by atoms with Gasteiger partial charge in [0.25, 0.3) is 0 Å². The van der Waals surface area contributed by atoms with Crippen molar-refractivity contribution in [3.05, 3.63) is 29.6 Å². The first-order valence-electron chi connectivity index (χ1n) is 8.12. The Morgan fingerprint density at radius 2 is 1.64 bits per heavy atom. The third-order valence-electron chi connectivity index (χ3n) is 3.47. The number of benzene rings is 1. The predicted molar refractivity (Wildman–Crippen MR) is 93.3 cm³/mol. The molecule has 0 amide bonds. The Balaban J connectivity index is 0.000000789. The van der Waals surface area contributed by atoms with Crippen molar-refractivity contribution >= 4 is 12.0 Å². The Kier molecular flexibility index (Phi) is 10.5. The predicted octanol–water partition coefficient (Wildman–Crippen LogP) is 3.93. The normalized spacial score (nSPS) is 14.6. The van der Waals surface area contributed by atoms with Crippen LogP contribution in [0.15, 0.2) is 18.2 Å². The number of hydrogen-bond donors (Lipinski definition) is 0. The lowest BCUT2D eigenvalue weighted by molar-refractivity contribution is -0.106. The highest BCUT2D eigenvalue weighted by Crippen LogP contribution is 2.24. The maximum Gasteiger partial charge on any atom is 0.128 e. The van der Waals surface area contributed by atoms with E-state index in [4.69, 9.17) is 4.79 Å². The summed E-state index contributed by atoms with van der Waals surface area (Å²) in [5.74, 6) is 0.174. The first-order valence-corrected chi connectivity index (χ1v) is 8.12. The highest BCUT2D eigenvalue weighted by molar-refractivity contribution is 5.49. The number of hydrogen-bond acceptors (Lipinski definition) is 3. The Hall–Kier alpha value is -1.42. The fourth-order valence-electron chi connectivity index (χ4n) is 2.25. The summed E-state index contributed by atoms with van der Waals surface area (Å²) in [4.78, 5) is 13.4. The molecule has 0 unspecified atom stereocenters. The molecule has 0 aromatic heterocycles. The number of aldehydes is 1. The molecule has 1 aliphatic rings. The molecule has 3 nitrogen and oxygen atoms in total. The zero-order chi connectivity index (χ0) is 17.1. The number of rotatable bonds is 2. The Labute approximate surface area is 135 Å². The smallest absolute Gasteiger partial charge is 0.128 e. The van der Waals surface area contributed by atoms with E-state index in [9.17, 15) is 4.39 Å². The fraction of sp³-hybridized carbons (Fsp3) is 0.611. The van der Waals surface area contributed by atoms with Crippen molar-refractivity contribution in [3.63, 3.8) is 0 Å². The quantitative estimate of drug-likeness (QED) is 0.773. The average molecular weight is 310 g/mol. The Morgan fingerprint density at radius 1 is 1.14 bits per heavy atom. The van der Waals surface area contributed by atoms with Gasteiger partial charge in [0.15, 0.2) is 0 Å². The summed E-state index contributed by atoms with van der Waals surface area (Å²) in [6, 6.07) is 5.65. The van der Waals surface area contributed by atoms with Gasteiger partial charge < -0.3 is 14.6 Å². The first-order chi connectivity index (χ1) is 10.5. The molecule has 126 valence electrons. The summed E-state index contributed by atoms with van der Waals surface area (Å²) >= 11 is 0. The molecule has 0 atom stereocenters. The zero-order valence-electron chi connectivity index (χ0n) is 14.9. The SMILES string of the molecule is CC.CC(C)c1ccc(N2CCN(C)CC2)cc1F.CC=O. The number of likely N-dealkylation sites (N-methyl/N-ethyl adjacent to an activating group) is 1. The standard InChI is InChI=1S/C14H21FN2.C2H4O.C2H6/c1-11(2)13-5-4-12(10-14(13)15)17-8-6-16(3)7-9-17;1-2-3;1-2/h4-5,10-11H,6-9H2,1-3H3;2H,1H3;1-2H3. The van der Waals surface area contributed by atoms with Crippen LogP contribution >= 0.6 is 0 Å². The second-order valence-corrected chi connectivity index (χ2v) is 5.39. The lowest BCUT2D eigenvalue weighted by atomic mass is 10.0. The van der Waals surface area contributed by atoms with Crippen LogP contribution in [0, 0.1) is 5.82 Å². The van der Waals surface area contributed by atoms with Crippen LogP contribution in [-0.4, -0.2) is 44.4 Å². The molecule has 1 aliphatic heterocycles. The molecule has 0 N–H and O–H groups in total. The number of halogens is 1. The van der Waals surface area contributed by atoms with E-state index in [2.05, 4.69) is 16.8 Å². The average Bonchev–Trinajstić information content (AvgIpc) is 2.50. The largest absolute Gasteiger partial charge is 0.369 e. The number of carbonyl (C=O) groups excluding carboxylic acids is 1. The monoisotopic (exact) mass is 310 g/mol. The van der Waals surface area contributed by atoms with E-state index in [1.165, 1.54) is 6.92 Å². The van der Waals surface area contributed by atoms with Crippen molar-refractivity contribution in [1.82, 2.24) is 4.90 Å². The maximum absolute atomic E-state index is 13.9. The Morgan fingerprint density at radius 3 is 2.05 bits per heavy atom. The molecular weight excluding hydrogens is 279 g/mol. The van der Waals surface area contributed by atoms with E-state index in [1.54, 1.807) is 6.07 Å². The van der Waals surface area contributed by atoms with Gasteiger partial charge in [-0.2, -0.15) is 0 Å². The second kappa shape index (κ2) is 11.2. The highest BCUT2D eigenvalue weighted by atomic mass is 19.1. The van der Waals surface area contributed by atoms with E-state index in [0.717, 1.165) is 43.7 Å². The molecule has 1 heterocycles. The third kappa shape index (κ3) is 6.56. The van der Waals surface area contributed by atoms with E-state index in [1.807, 2.05) is 39.8 Å². The molecule has 1 aromatic rings. The van der Waals surface area contributed by atoms with Gasteiger partial charge in [-0.3, -0.25) is 0 Å². The van der Waals surface area contributed by atoms with E-state index in [0.29, 0.717) is 0 Å². The van der Waals surface area contributed by atoms with Gasteiger partial charge in [-0.05, 0) is 37.6 Å². The maximum atomic E-state index is 13.9. The van der Waals surface area contributed by atoms with Gasteiger partial charge in [0.2, 0.25) is 0 Å². The molecule has 0 saturated carbocycles. The number of carbonyl (C=O) groups is 1. The topological polar surface area (TPSA) is 23.6 Å². The number of piperazine rings is 1. The van der Waals surface area contributed by atoms with Crippen molar-refractivity contribution in [2.24, 2.45) is 0 Å².